The van der Waals surface area contributed by atoms with Crippen LogP contribution in [0.3, 0.4) is 0 Å². The van der Waals surface area contributed by atoms with E-state index in [9.17, 15) is 0 Å². The maximum absolute atomic E-state index is 5.84. The van der Waals surface area contributed by atoms with Gasteiger partial charge in [0.1, 0.15) is 0 Å². The molecule has 1 fully saturated rings. The molecule has 76 valence electrons. The molecule has 0 spiro atoms. The topological polar surface area (TPSA) is 18.5 Å². The number of aryl methyl sites for hydroxylation is 1. The van der Waals surface area contributed by atoms with E-state index in [0.29, 0.717) is 6.10 Å². The molecule has 1 saturated carbocycles. The summed E-state index contributed by atoms with van der Waals surface area (Å²) in [5.74, 6) is 1.80. The highest BCUT2D eigenvalue weighted by Gasteiger charge is 2.25. The largest absolute Gasteiger partial charge is 0.493 e. The van der Waals surface area contributed by atoms with Crippen LogP contribution in [0.15, 0.2) is 18.2 Å². The fourth-order valence-electron chi connectivity index (χ4n) is 1.49. The van der Waals surface area contributed by atoms with Gasteiger partial charge in [-0.1, -0.05) is 19.1 Å². The number of para-hydroxylation sites is 1. The van der Waals surface area contributed by atoms with Crippen LogP contribution in [0.2, 0.25) is 0 Å². The van der Waals surface area contributed by atoms with Crippen molar-refractivity contribution in [3.05, 3.63) is 23.8 Å². The van der Waals surface area contributed by atoms with Crippen LogP contribution in [0.1, 0.15) is 25.3 Å². The summed E-state index contributed by atoms with van der Waals surface area (Å²) in [6.07, 6.45) is 3.78. The van der Waals surface area contributed by atoms with Crippen molar-refractivity contribution in [3.63, 3.8) is 0 Å². The molecule has 0 bridgehead atoms. The number of hydrogen-bond acceptors (Lipinski definition) is 2. The summed E-state index contributed by atoms with van der Waals surface area (Å²) in [5, 5.41) is 0. The van der Waals surface area contributed by atoms with Crippen molar-refractivity contribution in [1.82, 2.24) is 0 Å². The number of methoxy groups -OCH3 is 1. The van der Waals surface area contributed by atoms with Gasteiger partial charge in [0, 0.05) is 0 Å². The van der Waals surface area contributed by atoms with Crippen LogP contribution in [0.4, 0.5) is 0 Å². The Kier molecular flexibility index (Phi) is 2.62. The molecule has 0 aromatic heterocycles. The predicted molar refractivity (Wildman–Crippen MR) is 56.0 cm³/mol. The minimum atomic E-state index is 0.427. The fourth-order valence-corrected chi connectivity index (χ4v) is 1.49. The van der Waals surface area contributed by atoms with Crippen LogP contribution >= 0.6 is 0 Å². The maximum atomic E-state index is 5.84. The van der Waals surface area contributed by atoms with Crippen molar-refractivity contribution in [2.24, 2.45) is 0 Å². The van der Waals surface area contributed by atoms with E-state index in [-0.39, 0.29) is 0 Å². The molecule has 0 atom stereocenters. The predicted octanol–water partition coefficient (Wildman–Crippen LogP) is 2.80. The molecular formula is C12H16O2. The van der Waals surface area contributed by atoms with Gasteiger partial charge in [0.2, 0.25) is 0 Å². The van der Waals surface area contributed by atoms with Gasteiger partial charge in [0.15, 0.2) is 11.5 Å². The standard InChI is InChI=1S/C12H16O2/c1-3-9-5-4-6-11(13-2)12(9)14-10-7-8-10/h4-6,10H,3,7-8H2,1-2H3. The van der Waals surface area contributed by atoms with Crippen LogP contribution in [0, 0.1) is 0 Å². The molecule has 1 aliphatic rings. The summed E-state index contributed by atoms with van der Waals surface area (Å²) in [7, 11) is 1.69. The zero-order valence-corrected chi connectivity index (χ0v) is 8.75. The summed E-state index contributed by atoms with van der Waals surface area (Å²) < 4.78 is 11.1. The monoisotopic (exact) mass is 192 g/mol. The van der Waals surface area contributed by atoms with Gasteiger partial charge in [-0.15, -0.1) is 0 Å². The molecule has 0 aliphatic heterocycles. The Morgan fingerprint density at radius 1 is 1.36 bits per heavy atom. The molecule has 0 amide bonds. The minimum absolute atomic E-state index is 0.427. The second-order valence-electron chi connectivity index (χ2n) is 3.62. The number of benzene rings is 1. The molecule has 1 aromatic rings. The molecule has 0 radical (unpaired) electrons. The van der Waals surface area contributed by atoms with Crippen LogP contribution in [0.5, 0.6) is 11.5 Å². The van der Waals surface area contributed by atoms with Gasteiger partial charge in [-0.25, -0.2) is 0 Å². The Hall–Kier alpha value is -1.18. The van der Waals surface area contributed by atoms with Crippen molar-refractivity contribution in [3.8, 4) is 11.5 Å². The van der Waals surface area contributed by atoms with Crippen LogP contribution in [-0.2, 0) is 6.42 Å². The lowest BCUT2D eigenvalue weighted by molar-refractivity contribution is 0.279. The second kappa shape index (κ2) is 3.91. The average molecular weight is 192 g/mol. The zero-order chi connectivity index (χ0) is 9.97. The smallest absolute Gasteiger partial charge is 0.164 e. The van der Waals surface area contributed by atoms with Gasteiger partial charge in [0.05, 0.1) is 13.2 Å². The van der Waals surface area contributed by atoms with Crippen molar-refractivity contribution in [2.45, 2.75) is 32.3 Å². The Labute approximate surface area is 84.8 Å². The normalized spacial score (nSPS) is 15.3. The lowest BCUT2D eigenvalue weighted by Gasteiger charge is -2.13. The Morgan fingerprint density at radius 3 is 2.71 bits per heavy atom. The minimum Gasteiger partial charge on any atom is -0.493 e. The quantitative estimate of drug-likeness (QED) is 0.730. The molecule has 0 heterocycles. The number of ether oxygens (including phenoxy) is 2. The van der Waals surface area contributed by atoms with Crippen molar-refractivity contribution < 1.29 is 9.47 Å². The van der Waals surface area contributed by atoms with E-state index < -0.39 is 0 Å². The first-order chi connectivity index (χ1) is 6.85. The SMILES string of the molecule is CCc1cccc(OC)c1OC1CC1. The molecule has 1 aliphatic carbocycles. The summed E-state index contributed by atoms with van der Waals surface area (Å²) >= 11 is 0. The van der Waals surface area contributed by atoms with Crippen molar-refractivity contribution >= 4 is 0 Å². The van der Waals surface area contributed by atoms with E-state index in [1.165, 1.54) is 18.4 Å². The first-order valence-electron chi connectivity index (χ1n) is 5.17. The van der Waals surface area contributed by atoms with E-state index in [2.05, 4.69) is 13.0 Å². The van der Waals surface area contributed by atoms with Gasteiger partial charge in [-0.05, 0) is 30.9 Å². The summed E-state index contributed by atoms with van der Waals surface area (Å²) in [6.45, 7) is 2.13. The van der Waals surface area contributed by atoms with Crippen LogP contribution < -0.4 is 9.47 Å². The first kappa shape index (κ1) is 9.38. The van der Waals surface area contributed by atoms with E-state index in [4.69, 9.17) is 9.47 Å². The first-order valence-corrected chi connectivity index (χ1v) is 5.17. The summed E-state index contributed by atoms with van der Waals surface area (Å²) in [4.78, 5) is 0. The number of rotatable bonds is 4. The van der Waals surface area contributed by atoms with E-state index in [1.807, 2.05) is 12.1 Å². The third-order valence-electron chi connectivity index (χ3n) is 2.47. The maximum Gasteiger partial charge on any atom is 0.164 e. The molecular weight excluding hydrogens is 176 g/mol. The highest BCUT2D eigenvalue weighted by atomic mass is 16.5. The fraction of sp³-hybridized carbons (Fsp3) is 0.500. The lowest BCUT2D eigenvalue weighted by atomic mass is 10.1. The summed E-state index contributed by atoms with van der Waals surface area (Å²) in [6, 6.07) is 6.06. The zero-order valence-electron chi connectivity index (χ0n) is 8.75. The summed E-state index contributed by atoms with van der Waals surface area (Å²) in [5.41, 5.74) is 1.23. The Bertz CT molecular complexity index is 294. The average Bonchev–Trinajstić information content (AvgIpc) is 3.02. The third-order valence-corrected chi connectivity index (χ3v) is 2.47. The van der Waals surface area contributed by atoms with Gasteiger partial charge in [0.25, 0.3) is 0 Å². The Balaban J connectivity index is 2.29. The lowest BCUT2D eigenvalue weighted by Crippen LogP contribution is -2.01. The van der Waals surface area contributed by atoms with Gasteiger partial charge < -0.3 is 9.47 Å². The van der Waals surface area contributed by atoms with Crippen LogP contribution in [0.25, 0.3) is 0 Å². The van der Waals surface area contributed by atoms with Gasteiger partial charge in [-0.2, -0.15) is 0 Å². The molecule has 0 N–H and O–H groups in total. The van der Waals surface area contributed by atoms with E-state index in [0.717, 1.165) is 17.9 Å². The molecule has 2 rings (SSSR count). The highest BCUT2D eigenvalue weighted by Crippen LogP contribution is 2.36. The molecule has 0 saturated heterocycles. The van der Waals surface area contributed by atoms with Crippen molar-refractivity contribution in [1.29, 1.82) is 0 Å². The Morgan fingerprint density at radius 2 is 2.14 bits per heavy atom. The van der Waals surface area contributed by atoms with Crippen LogP contribution in [-0.4, -0.2) is 13.2 Å². The molecule has 0 unspecified atom stereocenters. The van der Waals surface area contributed by atoms with Crippen molar-refractivity contribution in [2.75, 3.05) is 7.11 Å². The molecule has 2 nitrogen and oxygen atoms in total. The second-order valence-corrected chi connectivity index (χ2v) is 3.62. The van der Waals surface area contributed by atoms with E-state index >= 15 is 0 Å². The highest BCUT2D eigenvalue weighted by molar-refractivity contribution is 5.46. The van der Waals surface area contributed by atoms with Gasteiger partial charge >= 0.3 is 0 Å². The van der Waals surface area contributed by atoms with E-state index in [1.54, 1.807) is 7.11 Å². The number of hydrogen-bond donors (Lipinski definition) is 0. The molecule has 1 aromatic carbocycles. The molecule has 14 heavy (non-hydrogen) atoms. The van der Waals surface area contributed by atoms with Gasteiger partial charge in [-0.3, -0.25) is 0 Å². The molecule has 2 heteroatoms. The third kappa shape index (κ3) is 1.84.